The summed E-state index contributed by atoms with van der Waals surface area (Å²) in [6, 6.07) is 14.7. The van der Waals surface area contributed by atoms with Crippen LogP contribution < -0.4 is 10.6 Å². The summed E-state index contributed by atoms with van der Waals surface area (Å²) in [6.07, 6.45) is 0. The van der Waals surface area contributed by atoms with E-state index in [-0.39, 0.29) is 11.5 Å². The van der Waals surface area contributed by atoms with E-state index in [1.165, 1.54) is 17.7 Å². The Morgan fingerprint density at radius 1 is 0.964 bits per heavy atom. The van der Waals surface area contributed by atoms with Crippen LogP contribution in [0.25, 0.3) is 0 Å². The Morgan fingerprint density at radius 3 is 2.29 bits per heavy atom. The number of rotatable bonds is 5. The molecular weight excluding hydrogens is 380 g/mol. The van der Waals surface area contributed by atoms with Crippen molar-refractivity contribution < 1.29 is 14.4 Å². The van der Waals surface area contributed by atoms with Crippen LogP contribution >= 0.6 is 11.6 Å². The van der Waals surface area contributed by atoms with Gasteiger partial charge in [-0.05, 0) is 43.3 Å². The zero-order valence-electron chi connectivity index (χ0n) is 15.2. The Kier molecular flexibility index (Phi) is 5.56. The van der Waals surface area contributed by atoms with Gasteiger partial charge in [-0.3, -0.25) is 19.1 Å². The lowest BCUT2D eigenvalue weighted by molar-refractivity contribution is 0.101. The maximum atomic E-state index is 12.4. The fraction of sp³-hybridized carbons (Fsp3) is 0.100. The molecule has 2 aromatic carbocycles. The topological polar surface area (TPSA) is 93.1 Å². The molecule has 0 aliphatic carbocycles. The summed E-state index contributed by atoms with van der Waals surface area (Å²) in [5, 5.41) is 9.84. The maximum absolute atomic E-state index is 12.4. The molecule has 1 heterocycles. The van der Waals surface area contributed by atoms with Crippen LogP contribution in [0.4, 0.5) is 11.5 Å². The fourth-order valence-electron chi connectivity index (χ4n) is 2.51. The minimum Gasteiger partial charge on any atom is -0.321 e. The number of hydrogen-bond donors (Lipinski definition) is 2. The first kappa shape index (κ1) is 19.3. The average Bonchev–Trinajstić information content (AvgIpc) is 3.03. The van der Waals surface area contributed by atoms with Crippen LogP contribution in [0.2, 0.25) is 5.02 Å². The molecule has 0 fully saturated rings. The molecule has 3 aromatic rings. The smallest absolute Gasteiger partial charge is 0.276 e. The number of carbonyl (C=O) groups excluding carboxylic acids is 3. The molecule has 28 heavy (non-hydrogen) atoms. The predicted molar refractivity (Wildman–Crippen MR) is 107 cm³/mol. The molecule has 3 rings (SSSR count). The van der Waals surface area contributed by atoms with Crippen molar-refractivity contribution in [2.45, 2.75) is 6.92 Å². The first-order chi connectivity index (χ1) is 13.3. The fourth-order valence-corrected chi connectivity index (χ4v) is 2.73. The number of ketones is 1. The number of benzene rings is 2. The monoisotopic (exact) mass is 396 g/mol. The molecule has 7 nitrogen and oxygen atoms in total. The molecule has 0 unspecified atom stereocenters. The van der Waals surface area contributed by atoms with Gasteiger partial charge >= 0.3 is 0 Å². The first-order valence-corrected chi connectivity index (χ1v) is 8.75. The Bertz CT molecular complexity index is 1060. The lowest BCUT2D eigenvalue weighted by Gasteiger charge is -2.06. The first-order valence-electron chi connectivity index (χ1n) is 8.37. The van der Waals surface area contributed by atoms with Gasteiger partial charge in [0.05, 0.1) is 10.6 Å². The Hall–Kier alpha value is -3.45. The minimum absolute atomic E-state index is 0.0542. The largest absolute Gasteiger partial charge is 0.321 e. The van der Waals surface area contributed by atoms with Gasteiger partial charge in [0.1, 0.15) is 5.82 Å². The van der Waals surface area contributed by atoms with Crippen molar-refractivity contribution >= 4 is 40.7 Å². The number of hydrogen-bond acceptors (Lipinski definition) is 4. The minimum atomic E-state index is -0.440. The number of aryl methyl sites for hydroxylation is 1. The van der Waals surface area contributed by atoms with E-state index >= 15 is 0 Å². The molecule has 0 aliphatic heterocycles. The number of amides is 2. The molecule has 2 amide bonds. The van der Waals surface area contributed by atoms with Gasteiger partial charge in [0.15, 0.2) is 11.5 Å². The highest BCUT2D eigenvalue weighted by atomic mass is 35.5. The van der Waals surface area contributed by atoms with E-state index in [0.717, 1.165) is 0 Å². The van der Waals surface area contributed by atoms with Crippen molar-refractivity contribution in [2.75, 3.05) is 10.6 Å². The van der Waals surface area contributed by atoms with E-state index in [0.29, 0.717) is 27.7 Å². The molecule has 0 saturated carbocycles. The van der Waals surface area contributed by atoms with Crippen LogP contribution in [-0.4, -0.2) is 27.4 Å². The third kappa shape index (κ3) is 4.27. The second kappa shape index (κ2) is 8.06. The summed E-state index contributed by atoms with van der Waals surface area (Å²) >= 11 is 6.03. The second-order valence-corrected chi connectivity index (χ2v) is 6.47. The zero-order valence-corrected chi connectivity index (χ0v) is 15.9. The highest BCUT2D eigenvalue weighted by Crippen LogP contribution is 2.18. The summed E-state index contributed by atoms with van der Waals surface area (Å²) < 4.78 is 1.39. The maximum Gasteiger partial charge on any atom is 0.276 e. The van der Waals surface area contributed by atoms with E-state index in [1.54, 1.807) is 55.6 Å². The molecule has 2 N–H and O–H groups in total. The SMILES string of the molecule is CC(=O)c1ccc(NC(=O)c2cc(NC(=O)c3ccccc3Cl)n(C)n2)cc1. The molecule has 0 saturated heterocycles. The summed E-state index contributed by atoms with van der Waals surface area (Å²) in [5.41, 5.74) is 1.54. The highest BCUT2D eigenvalue weighted by Gasteiger charge is 2.16. The van der Waals surface area contributed by atoms with E-state index in [2.05, 4.69) is 15.7 Å². The number of carbonyl (C=O) groups is 3. The molecule has 1 aromatic heterocycles. The van der Waals surface area contributed by atoms with Gasteiger partial charge in [-0.15, -0.1) is 0 Å². The van der Waals surface area contributed by atoms with Crippen molar-refractivity contribution in [3.05, 3.63) is 76.4 Å². The van der Waals surface area contributed by atoms with Crippen molar-refractivity contribution in [3.63, 3.8) is 0 Å². The average molecular weight is 397 g/mol. The number of anilines is 2. The van der Waals surface area contributed by atoms with Crippen LogP contribution in [0.1, 0.15) is 38.1 Å². The number of Topliss-reactive ketones (excluding diaryl/α,β-unsaturated/α-hetero) is 1. The number of halogens is 1. The Morgan fingerprint density at radius 2 is 1.64 bits per heavy atom. The molecule has 142 valence electrons. The molecule has 0 radical (unpaired) electrons. The number of aromatic nitrogens is 2. The summed E-state index contributed by atoms with van der Waals surface area (Å²) in [5.74, 6) is -0.548. The van der Waals surface area contributed by atoms with Gasteiger partial charge in [0.25, 0.3) is 11.8 Å². The number of nitrogens with zero attached hydrogens (tertiary/aromatic N) is 2. The highest BCUT2D eigenvalue weighted by molar-refractivity contribution is 6.34. The van der Waals surface area contributed by atoms with Crippen molar-refractivity contribution in [2.24, 2.45) is 7.05 Å². The van der Waals surface area contributed by atoms with E-state index in [1.807, 2.05) is 0 Å². The third-order valence-electron chi connectivity index (χ3n) is 4.02. The normalized spacial score (nSPS) is 10.4. The summed E-state index contributed by atoms with van der Waals surface area (Å²) in [7, 11) is 1.61. The summed E-state index contributed by atoms with van der Waals surface area (Å²) in [4.78, 5) is 36.1. The zero-order chi connectivity index (χ0) is 20.3. The van der Waals surface area contributed by atoms with Crippen LogP contribution in [0.15, 0.2) is 54.6 Å². The lowest BCUT2D eigenvalue weighted by atomic mass is 10.1. The molecule has 8 heteroatoms. The second-order valence-electron chi connectivity index (χ2n) is 6.06. The van der Waals surface area contributed by atoms with Crippen LogP contribution in [0.3, 0.4) is 0 Å². The van der Waals surface area contributed by atoms with Crippen LogP contribution in [0.5, 0.6) is 0 Å². The Labute approximate surface area is 166 Å². The standard InChI is InChI=1S/C20H17ClN4O3/c1-12(26)13-7-9-14(10-8-13)22-20(28)17-11-18(25(2)24-17)23-19(27)15-5-3-4-6-16(15)21/h3-11H,1-2H3,(H,22,28)(H,23,27). The van der Waals surface area contributed by atoms with E-state index in [4.69, 9.17) is 11.6 Å². The molecular formula is C20H17ClN4O3. The van der Waals surface area contributed by atoms with E-state index in [9.17, 15) is 14.4 Å². The molecule has 0 aliphatic rings. The predicted octanol–water partition coefficient (Wildman–Crippen LogP) is 3.78. The quantitative estimate of drug-likeness (QED) is 0.642. The number of nitrogens with one attached hydrogen (secondary N) is 2. The molecule has 0 atom stereocenters. The van der Waals surface area contributed by atoms with Gasteiger partial charge in [0, 0.05) is 24.4 Å². The van der Waals surface area contributed by atoms with Gasteiger partial charge < -0.3 is 10.6 Å². The third-order valence-corrected chi connectivity index (χ3v) is 4.35. The van der Waals surface area contributed by atoms with Gasteiger partial charge in [-0.1, -0.05) is 23.7 Å². The van der Waals surface area contributed by atoms with Gasteiger partial charge in [-0.25, -0.2) is 0 Å². The van der Waals surface area contributed by atoms with E-state index < -0.39 is 11.8 Å². The Balaban J connectivity index is 1.72. The van der Waals surface area contributed by atoms with Gasteiger partial charge in [-0.2, -0.15) is 5.10 Å². The van der Waals surface area contributed by atoms with Crippen molar-refractivity contribution in [1.82, 2.24) is 9.78 Å². The summed E-state index contributed by atoms with van der Waals surface area (Å²) in [6.45, 7) is 1.47. The van der Waals surface area contributed by atoms with Gasteiger partial charge in [0.2, 0.25) is 0 Å². The van der Waals surface area contributed by atoms with Crippen molar-refractivity contribution in [3.8, 4) is 0 Å². The molecule has 0 bridgehead atoms. The lowest BCUT2D eigenvalue weighted by Crippen LogP contribution is -2.14. The van der Waals surface area contributed by atoms with Crippen LogP contribution in [0, 0.1) is 0 Å². The van der Waals surface area contributed by atoms with Crippen LogP contribution in [-0.2, 0) is 7.05 Å². The molecule has 0 spiro atoms. The van der Waals surface area contributed by atoms with Crippen molar-refractivity contribution in [1.29, 1.82) is 0 Å².